The van der Waals surface area contributed by atoms with Gasteiger partial charge >= 0.3 is 6.03 Å². The first-order valence-corrected chi connectivity index (χ1v) is 6.12. The van der Waals surface area contributed by atoms with Gasteiger partial charge in [0.2, 0.25) is 0 Å². The van der Waals surface area contributed by atoms with Gasteiger partial charge < -0.3 is 9.80 Å². The SMILES string of the molecule is CCN(CC)C(=O)N1C[C@H](C)C[C@@H](C)C1. The predicted octanol–water partition coefficient (Wildman–Crippen LogP) is 2.43. The van der Waals surface area contributed by atoms with Crippen LogP contribution in [0, 0.1) is 11.8 Å². The molecule has 1 heterocycles. The normalized spacial score (nSPS) is 26.5. The summed E-state index contributed by atoms with van der Waals surface area (Å²) in [5.74, 6) is 1.29. The zero-order valence-corrected chi connectivity index (χ0v) is 10.5. The van der Waals surface area contributed by atoms with Crippen LogP contribution in [-0.4, -0.2) is 42.0 Å². The molecule has 1 saturated heterocycles. The molecule has 0 saturated carbocycles. The van der Waals surface area contributed by atoms with E-state index in [0.717, 1.165) is 26.2 Å². The maximum atomic E-state index is 12.1. The molecule has 1 fully saturated rings. The minimum Gasteiger partial charge on any atom is -0.325 e. The van der Waals surface area contributed by atoms with Gasteiger partial charge in [-0.25, -0.2) is 4.79 Å². The van der Waals surface area contributed by atoms with Crippen LogP contribution in [-0.2, 0) is 0 Å². The number of nitrogens with zero attached hydrogens (tertiary/aromatic N) is 2. The Bertz CT molecular complexity index is 204. The Morgan fingerprint density at radius 2 is 1.67 bits per heavy atom. The van der Waals surface area contributed by atoms with Crippen molar-refractivity contribution in [3.63, 3.8) is 0 Å². The molecule has 3 heteroatoms. The number of likely N-dealkylation sites (tertiary alicyclic amines) is 1. The summed E-state index contributed by atoms with van der Waals surface area (Å²) >= 11 is 0. The van der Waals surface area contributed by atoms with E-state index in [4.69, 9.17) is 0 Å². The number of carbonyl (C=O) groups is 1. The molecule has 0 spiro atoms. The average molecular weight is 212 g/mol. The molecular weight excluding hydrogens is 188 g/mol. The second kappa shape index (κ2) is 5.38. The lowest BCUT2D eigenvalue weighted by Gasteiger charge is -2.37. The predicted molar refractivity (Wildman–Crippen MR) is 62.8 cm³/mol. The van der Waals surface area contributed by atoms with E-state index in [9.17, 15) is 4.79 Å². The third-order valence-corrected chi connectivity index (χ3v) is 3.17. The van der Waals surface area contributed by atoms with Gasteiger partial charge in [0.1, 0.15) is 0 Å². The largest absolute Gasteiger partial charge is 0.325 e. The highest BCUT2D eigenvalue weighted by Crippen LogP contribution is 2.21. The summed E-state index contributed by atoms with van der Waals surface area (Å²) in [6.07, 6.45) is 1.25. The van der Waals surface area contributed by atoms with Crippen molar-refractivity contribution in [2.24, 2.45) is 11.8 Å². The van der Waals surface area contributed by atoms with Crippen LogP contribution < -0.4 is 0 Å². The molecule has 0 unspecified atom stereocenters. The van der Waals surface area contributed by atoms with Crippen molar-refractivity contribution in [3.05, 3.63) is 0 Å². The summed E-state index contributed by atoms with van der Waals surface area (Å²) in [7, 11) is 0. The molecule has 1 rings (SSSR count). The molecule has 0 aliphatic carbocycles. The third kappa shape index (κ3) is 3.11. The molecular formula is C12H24N2O. The fourth-order valence-electron chi connectivity index (χ4n) is 2.51. The lowest BCUT2D eigenvalue weighted by molar-refractivity contribution is 0.117. The van der Waals surface area contributed by atoms with Gasteiger partial charge in [0.25, 0.3) is 0 Å². The van der Waals surface area contributed by atoms with Crippen molar-refractivity contribution in [3.8, 4) is 0 Å². The van der Waals surface area contributed by atoms with Crippen molar-refractivity contribution in [2.75, 3.05) is 26.2 Å². The van der Waals surface area contributed by atoms with E-state index in [1.807, 2.05) is 23.6 Å². The Kier molecular flexibility index (Phi) is 4.43. The molecule has 0 aromatic heterocycles. The molecule has 1 aliphatic rings. The summed E-state index contributed by atoms with van der Waals surface area (Å²) in [4.78, 5) is 16.0. The maximum Gasteiger partial charge on any atom is 0.319 e. The van der Waals surface area contributed by atoms with Crippen LogP contribution in [0.3, 0.4) is 0 Å². The van der Waals surface area contributed by atoms with E-state index in [2.05, 4.69) is 13.8 Å². The van der Waals surface area contributed by atoms with Gasteiger partial charge in [-0.3, -0.25) is 0 Å². The first-order valence-electron chi connectivity index (χ1n) is 6.12. The molecule has 88 valence electrons. The van der Waals surface area contributed by atoms with E-state index in [1.165, 1.54) is 6.42 Å². The van der Waals surface area contributed by atoms with Crippen molar-refractivity contribution in [2.45, 2.75) is 34.1 Å². The number of carbonyl (C=O) groups excluding carboxylic acids is 1. The second-order valence-corrected chi connectivity index (χ2v) is 4.81. The maximum absolute atomic E-state index is 12.1. The van der Waals surface area contributed by atoms with E-state index in [1.54, 1.807) is 0 Å². The van der Waals surface area contributed by atoms with Gasteiger partial charge in [0, 0.05) is 26.2 Å². The highest BCUT2D eigenvalue weighted by Gasteiger charge is 2.27. The molecule has 0 N–H and O–H groups in total. The Balaban J connectivity index is 2.58. The first-order chi connectivity index (χ1) is 7.08. The number of amides is 2. The van der Waals surface area contributed by atoms with Gasteiger partial charge in [0.05, 0.1) is 0 Å². The lowest BCUT2D eigenvalue weighted by atomic mass is 9.92. The summed E-state index contributed by atoms with van der Waals surface area (Å²) < 4.78 is 0. The molecule has 0 bridgehead atoms. The Labute approximate surface area is 93.4 Å². The molecule has 15 heavy (non-hydrogen) atoms. The Hall–Kier alpha value is -0.730. The monoisotopic (exact) mass is 212 g/mol. The van der Waals surface area contributed by atoms with E-state index < -0.39 is 0 Å². The topological polar surface area (TPSA) is 23.6 Å². The van der Waals surface area contributed by atoms with E-state index in [-0.39, 0.29) is 6.03 Å². The third-order valence-electron chi connectivity index (χ3n) is 3.17. The molecule has 1 aliphatic heterocycles. The van der Waals surface area contributed by atoms with Crippen molar-refractivity contribution < 1.29 is 4.79 Å². The van der Waals surface area contributed by atoms with Crippen LogP contribution in [0.25, 0.3) is 0 Å². The van der Waals surface area contributed by atoms with Crippen LogP contribution >= 0.6 is 0 Å². The van der Waals surface area contributed by atoms with E-state index in [0.29, 0.717) is 11.8 Å². The fraction of sp³-hybridized carbons (Fsp3) is 0.917. The summed E-state index contributed by atoms with van der Waals surface area (Å²) in [5.41, 5.74) is 0. The zero-order chi connectivity index (χ0) is 11.4. The second-order valence-electron chi connectivity index (χ2n) is 4.81. The highest BCUT2D eigenvalue weighted by molar-refractivity contribution is 5.74. The standard InChI is InChI=1S/C12H24N2O/c1-5-13(6-2)12(15)14-8-10(3)7-11(4)9-14/h10-11H,5-9H2,1-4H3/t10-,11-/m1/s1. The number of piperidine rings is 1. The van der Waals surface area contributed by atoms with Crippen LogP contribution in [0.15, 0.2) is 0 Å². The molecule has 2 amide bonds. The van der Waals surface area contributed by atoms with Gasteiger partial charge in [-0.05, 0) is 32.1 Å². The number of hydrogen-bond donors (Lipinski definition) is 0. The summed E-state index contributed by atoms with van der Waals surface area (Å²) in [6, 6.07) is 0.221. The van der Waals surface area contributed by atoms with Crippen LogP contribution in [0.4, 0.5) is 4.79 Å². The fourth-order valence-corrected chi connectivity index (χ4v) is 2.51. The zero-order valence-electron chi connectivity index (χ0n) is 10.5. The Morgan fingerprint density at radius 1 is 1.20 bits per heavy atom. The van der Waals surface area contributed by atoms with Crippen molar-refractivity contribution >= 4 is 6.03 Å². The molecule has 0 radical (unpaired) electrons. The van der Waals surface area contributed by atoms with E-state index >= 15 is 0 Å². The van der Waals surface area contributed by atoms with Crippen molar-refractivity contribution in [1.82, 2.24) is 9.80 Å². The minimum atomic E-state index is 0.221. The first kappa shape index (κ1) is 12.3. The molecule has 0 aromatic rings. The van der Waals surface area contributed by atoms with Gasteiger partial charge in [-0.1, -0.05) is 13.8 Å². The van der Waals surface area contributed by atoms with Gasteiger partial charge in [-0.2, -0.15) is 0 Å². The summed E-state index contributed by atoms with van der Waals surface area (Å²) in [6.45, 7) is 12.0. The lowest BCUT2D eigenvalue weighted by Crippen LogP contribution is -2.49. The Morgan fingerprint density at radius 3 is 2.07 bits per heavy atom. The van der Waals surface area contributed by atoms with Crippen LogP contribution in [0.5, 0.6) is 0 Å². The number of rotatable bonds is 2. The van der Waals surface area contributed by atoms with Crippen LogP contribution in [0.2, 0.25) is 0 Å². The average Bonchev–Trinajstić information content (AvgIpc) is 2.18. The molecule has 0 aromatic carbocycles. The van der Waals surface area contributed by atoms with Gasteiger partial charge in [-0.15, -0.1) is 0 Å². The minimum absolute atomic E-state index is 0.221. The quantitative estimate of drug-likeness (QED) is 0.689. The number of hydrogen-bond acceptors (Lipinski definition) is 1. The number of urea groups is 1. The smallest absolute Gasteiger partial charge is 0.319 e. The summed E-state index contributed by atoms with van der Waals surface area (Å²) in [5, 5.41) is 0. The van der Waals surface area contributed by atoms with Crippen molar-refractivity contribution in [1.29, 1.82) is 0 Å². The van der Waals surface area contributed by atoms with Gasteiger partial charge in [0.15, 0.2) is 0 Å². The van der Waals surface area contributed by atoms with Crippen LogP contribution in [0.1, 0.15) is 34.1 Å². The molecule has 3 nitrogen and oxygen atoms in total. The molecule has 2 atom stereocenters. The highest BCUT2D eigenvalue weighted by atomic mass is 16.2.